The highest BCUT2D eigenvalue weighted by Crippen LogP contribution is 2.26. The molecule has 0 bridgehead atoms. The maximum Gasteiger partial charge on any atom is 0.330 e. The number of benzene rings is 2. The van der Waals surface area contributed by atoms with E-state index >= 15 is 0 Å². The van der Waals surface area contributed by atoms with Gasteiger partial charge in [-0.2, -0.15) is 0 Å². The predicted molar refractivity (Wildman–Crippen MR) is 84.3 cm³/mol. The van der Waals surface area contributed by atoms with Crippen molar-refractivity contribution in [2.75, 3.05) is 0 Å². The third-order valence-corrected chi connectivity index (χ3v) is 3.43. The first-order valence-corrected chi connectivity index (χ1v) is 6.88. The summed E-state index contributed by atoms with van der Waals surface area (Å²) in [7, 11) is 0. The largest absolute Gasteiger partial charge is 0.478 e. The number of carbonyl (C=O) groups is 3. The minimum Gasteiger partial charge on any atom is -0.478 e. The first-order valence-electron chi connectivity index (χ1n) is 6.88. The molecule has 0 aromatic heterocycles. The zero-order valence-corrected chi connectivity index (χ0v) is 12.3. The quantitative estimate of drug-likeness (QED) is 0.815. The van der Waals surface area contributed by atoms with E-state index < -0.39 is 5.97 Å². The van der Waals surface area contributed by atoms with Gasteiger partial charge in [0.25, 0.3) is 0 Å². The van der Waals surface area contributed by atoms with E-state index in [2.05, 4.69) is 6.58 Å². The molecule has 2 aromatic carbocycles. The van der Waals surface area contributed by atoms with Gasteiger partial charge in [-0.05, 0) is 29.8 Å². The molecule has 0 amide bonds. The van der Waals surface area contributed by atoms with Gasteiger partial charge in [0.2, 0.25) is 0 Å². The summed E-state index contributed by atoms with van der Waals surface area (Å²) < 4.78 is 0. The molecule has 22 heavy (non-hydrogen) atoms. The van der Waals surface area contributed by atoms with E-state index in [1.54, 1.807) is 0 Å². The average molecular weight is 296 g/mol. The number of rotatable bonds is 1. The highest BCUT2D eigenvalue weighted by atomic mass is 16.4. The molecule has 0 spiro atoms. The SMILES string of the molecule is C=C(C)C(=O)O.O=C1CCC(=O)c2cc3ccccc3cc21. The van der Waals surface area contributed by atoms with E-state index in [9.17, 15) is 14.4 Å². The maximum absolute atomic E-state index is 11.7. The molecule has 0 saturated heterocycles. The zero-order valence-electron chi connectivity index (χ0n) is 12.3. The minimum atomic E-state index is -0.935. The van der Waals surface area contributed by atoms with Gasteiger partial charge in [-0.25, -0.2) is 4.79 Å². The Hall–Kier alpha value is -2.75. The lowest BCUT2D eigenvalue weighted by Gasteiger charge is -2.14. The summed E-state index contributed by atoms with van der Waals surface area (Å²) in [5.41, 5.74) is 1.36. The van der Waals surface area contributed by atoms with Crippen LogP contribution in [-0.2, 0) is 4.79 Å². The van der Waals surface area contributed by atoms with Crippen LogP contribution < -0.4 is 0 Å². The van der Waals surface area contributed by atoms with Crippen LogP contribution in [0.5, 0.6) is 0 Å². The van der Waals surface area contributed by atoms with Crippen molar-refractivity contribution >= 4 is 28.3 Å². The van der Waals surface area contributed by atoms with Gasteiger partial charge in [0, 0.05) is 29.5 Å². The predicted octanol–water partition coefficient (Wildman–Crippen LogP) is 3.65. The Morgan fingerprint density at radius 2 is 1.36 bits per heavy atom. The second-order valence-corrected chi connectivity index (χ2v) is 5.18. The highest BCUT2D eigenvalue weighted by molar-refractivity contribution is 6.16. The van der Waals surface area contributed by atoms with Gasteiger partial charge in [-0.3, -0.25) is 9.59 Å². The van der Waals surface area contributed by atoms with Crippen molar-refractivity contribution < 1.29 is 19.5 Å². The lowest BCUT2D eigenvalue weighted by molar-refractivity contribution is -0.132. The number of carboxylic acids is 1. The number of carboxylic acid groups (broad SMARTS) is 1. The summed E-state index contributed by atoms with van der Waals surface area (Å²) in [6.07, 6.45) is 0.703. The van der Waals surface area contributed by atoms with Crippen LogP contribution in [0, 0.1) is 0 Å². The van der Waals surface area contributed by atoms with Crippen LogP contribution in [0.2, 0.25) is 0 Å². The molecule has 1 aliphatic rings. The first kappa shape index (κ1) is 15.6. The molecule has 0 atom stereocenters. The summed E-state index contributed by atoms with van der Waals surface area (Å²) in [6.45, 7) is 4.60. The van der Waals surface area contributed by atoms with Crippen LogP contribution in [0.4, 0.5) is 0 Å². The van der Waals surface area contributed by atoms with Crippen molar-refractivity contribution in [3.8, 4) is 0 Å². The second-order valence-electron chi connectivity index (χ2n) is 5.18. The molecule has 4 heteroatoms. The molecule has 4 nitrogen and oxygen atoms in total. The molecule has 1 N–H and O–H groups in total. The Kier molecular flexibility index (Phi) is 4.51. The van der Waals surface area contributed by atoms with E-state index in [-0.39, 0.29) is 17.1 Å². The van der Waals surface area contributed by atoms with Gasteiger partial charge in [0.1, 0.15) is 0 Å². The number of fused-ring (bicyclic) bond motifs is 2. The van der Waals surface area contributed by atoms with Crippen molar-refractivity contribution in [2.45, 2.75) is 19.8 Å². The first-order chi connectivity index (χ1) is 10.4. The average Bonchev–Trinajstić information content (AvgIpc) is 2.50. The number of carbonyl (C=O) groups excluding carboxylic acids is 2. The lowest BCUT2D eigenvalue weighted by atomic mass is 9.87. The summed E-state index contributed by atoms with van der Waals surface area (Å²) in [6, 6.07) is 11.5. The Morgan fingerprint density at radius 3 is 1.68 bits per heavy atom. The molecule has 3 rings (SSSR count). The Bertz CT molecular complexity index is 720. The fraction of sp³-hybridized carbons (Fsp3) is 0.167. The number of hydrogen-bond donors (Lipinski definition) is 1. The van der Waals surface area contributed by atoms with Gasteiger partial charge >= 0.3 is 5.97 Å². The smallest absolute Gasteiger partial charge is 0.330 e. The highest BCUT2D eigenvalue weighted by Gasteiger charge is 2.23. The lowest BCUT2D eigenvalue weighted by Crippen LogP contribution is -2.16. The molecule has 0 saturated carbocycles. The van der Waals surface area contributed by atoms with Crippen molar-refractivity contribution in [1.29, 1.82) is 0 Å². The summed E-state index contributed by atoms with van der Waals surface area (Å²) >= 11 is 0. The number of Topliss-reactive ketones (excluding diaryl/α,β-unsaturated/α-hetero) is 2. The van der Waals surface area contributed by atoms with Gasteiger partial charge in [-0.15, -0.1) is 0 Å². The van der Waals surface area contributed by atoms with Crippen LogP contribution in [0.25, 0.3) is 10.8 Å². The summed E-state index contributed by atoms with van der Waals surface area (Å²) in [4.78, 5) is 33.0. The van der Waals surface area contributed by atoms with E-state index in [4.69, 9.17) is 5.11 Å². The number of ketones is 2. The third-order valence-electron chi connectivity index (χ3n) is 3.43. The van der Waals surface area contributed by atoms with E-state index in [0.717, 1.165) is 10.8 Å². The van der Waals surface area contributed by atoms with Crippen molar-refractivity contribution in [3.05, 3.63) is 59.7 Å². The third kappa shape index (κ3) is 3.28. The molecule has 0 unspecified atom stereocenters. The van der Waals surface area contributed by atoms with E-state index in [1.807, 2.05) is 36.4 Å². The molecule has 0 aliphatic heterocycles. The monoisotopic (exact) mass is 296 g/mol. The van der Waals surface area contributed by atoms with Gasteiger partial charge in [0.15, 0.2) is 11.6 Å². The molecule has 2 aromatic rings. The molecule has 1 aliphatic carbocycles. The molecule has 0 radical (unpaired) electrons. The second kappa shape index (κ2) is 6.35. The van der Waals surface area contributed by atoms with Crippen molar-refractivity contribution in [3.63, 3.8) is 0 Å². The van der Waals surface area contributed by atoms with Gasteiger partial charge < -0.3 is 5.11 Å². The topological polar surface area (TPSA) is 71.4 Å². The molecular formula is C18H16O4. The van der Waals surface area contributed by atoms with Crippen molar-refractivity contribution in [2.24, 2.45) is 0 Å². The zero-order chi connectivity index (χ0) is 16.3. The Balaban J connectivity index is 0.000000254. The molecular weight excluding hydrogens is 280 g/mol. The summed E-state index contributed by atoms with van der Waals surface area (Å²) in [5, 5.41) is 9.93. The van der Waals surface area contributed by atoms with E-state index in [1.165, 1.54) is 6.92 Å². The van der Waals surface area contributed by atoms with Crippen LogP contribution in [0.15, 0.2) is 48.6 Å². The van der Waals surface area contributed by atoms with Crippen LogP contribution >= 0.6 is 0 Å². The van der Waals surface area contributed by atoms with Crippen LogP contribution in [0.3, 0.4) is 0 Å². The molecule has 0 fully saturated rings. The minimum absolute atomic E-state index is 0.0837. The van der Waals surface area contributed by atoms with Gasteiger partial charge in [0.05, 0.1) is 0 Å². The normalized spacial score (nSPS) is 13.1. The van der Waals surface area contributed by atoms with Gasteiger partial charge in [-0.1, -0.05) is 30.8 Å². The number of hydrogen-bond acceptors (Lipinski definition) is 3. The van der Waals surface area contributed by atoms with Crippen LogP contribution in [0.1, 0.15) is 40.5 Å². The Morgan fingerprint density at radius 1 is 1.00 bits per heavy atom. The number of aliphatic carboxylic acids is 1. The fourth-order valence-electron chi connectivity index (χ4n) is 2.20. The standard InChI is InChI=1S/C14H10O2.C4H6O2/c15-13-5-6-14(16)12-8-10-4-2-1-3-9(10)7-11(12)13;1-3(2)4(5)6/h1-4,7-8H,5-6H2;1H2,2H3,(H,5,6). The van der Waals surface area contributed by atoms with Crippen LogP contribution in [-0.4, -0.2) is 22.6 Å². The molecule has 0 heterocycles. The Labute approximate surface area is 128 Å². The van der Waals surface area contributed by atoms with E-state index in [0.29, 0.717) is 24.0 Å². The summed E-state index contributed by atoms with van der Waals surface area (Å²) in [5.74, 6) is -0.768. The molecule has 112 valence electrons. The van der Waals surface area contributed by atoms with Crippen molar-refractivity contribution in [1.82, 2.24) is 0 Å². The fourth-order valence-corrected chi connectivity index (χ4v) is 2.20. The maximum atomic E-state index is 11.7.